The monoisotopic (exact) mass is 324 g/mol. The number of hydrogen-bond donors (Lipinski definition) is 3. The number of β-amino-alcohol motifs (C(OH)–C–C–N with tert-alkyl or cyclic N) is 1. The molecule has 1 amide bonds. The molecule has 1 fully saturated rings. The van der Waals surface area contributed by atoms with Gasteiger partial charge in [0.05, 0.1) is 18.7 Å². The van der Waals surface area contributed by atoms with E-state index in [9.17, 15) is 14.7 Å². The molecule has 2 rings (SSSR count). The molecule has 8 nitrogen and oxygen atoms in total. The number of H-pyrrole nitrogens is 1. The number of carbonyl (C=O) groups excluding carboxylic acids is 1. The second-order valence-electron chi connectivity index (χ2n) is 6.53. The van der Waals surface area contributed by atoms with Gasteiger partial charge in [-0.05, 0) is 25.5 Å². The summed E-state index contributed by atoms with van der Waals surface area (Å²) in [6.07, 6.45) is 0.0461. The van der Waals surface area contributed by atoms with Crippen molar-refractivity contribution < 1.29 is 19.8 Å². The molecule has 128 valence electrons. The normalized spacial score (nSPS) is 21.4. The second kappa shape index (κ2) is 7.10. The van der Waals surface area contributed by atoms with Crippen LogP contribution in [0.25, 0.3) is 0 Å². The van der Waals surface area contributed by atoms with Crippen LogP contribution in [-0.2, 0) is 11.2 Å². The molecule has 2 heterocycles. The molecular weight excluding hydrogens is 300 g/mol. The third kappa shape index (κ3) is 4.29. The maximum Gasteiger partial charge on any atom is 0.317 e. The Morgan fingerprint density at radius 1 is 1.48 bits per heavy atom. The Bertz CT molecular complexity index is 572. The van der Waals surface area contributed by atoms with Crippen molar-refractivity contribution in [1.82, 2.24) is 20.0 Å². The molecule has 0 aliphatic carbocycles. The Morgan fingerprint density at radius 2 is 2.17 bits per heavy atom. The van der Waals surface area contributed by atoms with Gasteiger partial charge >= 0.3 is 5.97 Å². The van der Waals surface area contributed by atoms with E-state index in [-0.39, 0.29) is 31.6 Å². The van der Waals surface area contributed by atoms with E-state index >= 15 is 0 Å². The molecule has 8 heteroatoms. The SMILES string of the molecule is CC(C)Cc1cc(C(=O)N2CC(N(C)CC(=O)O)[C@H](O)C2)n[nH]1. The zero-order valence-corrected chi connectivity index (χ0v) is 13.7. The van der Waals surface area contributed by atoms with Gasteiger partial charge in [-0.2, -0.15) is 5.10 Å². The first-order valence-corrected chi connectivity index (χ1v) is 7.71. The lowest BCUT2D eigenvalue weighted by Crippen LogP contribution is -2.43. The number of carbonyl (C=O) groups is 2. The average Bonchev–Trinajstić information content (AvgIpc) is 3.03. The zero-order valence-electron chi connectivity index (χ0n) is 13.7. The predicted molar refractivity (Wildman–Crippen MR) is 83.1 cm³/mol. The summed E-state index contributed by atoms with van der Waals surface area (Å²) in [6, 6.07) is 1.35. The number of aliphatic hydroxyl groups is 1. The Morgan fingerprint density at radius 3 is 2.78 bits per heavy atom. The Labute approximate surface area is 135 Å². The van der Waals surface area contributed by atoms with Crippen LogP contribution in [0.1, 0.15) is 30.0 Å². The van der Waals surface area contributed by atoms with Crippen LogP contribution < -0.4 is 0 Å². The van der Waals surface area contributed by atoms with Gasteiger partial charge in [0.1, 0.15) is 5.69 Å². The van der Waals surface area contributed by atoms with Gasteiger partial charge in [-0.25, -0.2) is 0 Å². The Hall–Kier alpha value is -1.93. The number of nitrogens with zero attached hydrogens (tertiary/aromatic N) is 3. The van der Waals surface area contributed by atoms with Crippen LogP contribution in [0.5, 0.6) is 0 Å². The van der Waals surface area contributed by atoms with Crippen LogP contribution >= 0.6 is 0 Å². The standard InChI is InChI=1S/C15H24N4O4/c1-9(2)4-10-5-11(17-16-10)15(23)19-6-12(13(20)7-19)18(3)8-14(21)22/h5,9,12-13,20H,4,6-8H2,1-3H3,(H,16,17)(H,21,22)/t12?,13-/m1/s1. The van der Waals surface area contributed by atoms with E-state index in [0.717, 1.165) is 12.1 Å². The quantitative estimate of drug-likeness (QED) is 0.669. The molecule has 1 aliphatic rings. The van der Waals surface area contributed by atoms with Gasteiger partial charge in [0.2, 0.25) is 0 Å². The Balaban J connectivity index is 2.01. The van der Waals surface area contributed by atoms with Crippen molar-refractivity contribution in [3.8, 4) is 0 Å². The van der Waals surface area contributed by atoms with Crippen LogP contribution in [0.3, 0.4) is 0 Å². The number of aliphatic carboxylic acids is 1. The summed E-state index contributed by atoms with van der Waals surface area (Å²) in [7, 11) is 1.63. The highest BCUT2D eigenvalue weighted by Gasteiger charge is 2.37. The van der Waals surface area contributed by atoms with Crippen molar-refractivity contribution >= 4 is 11.9 Å². The van der Waals surface area contributed by atoms with E-state index in [1.165, 1.54) is 4.90 Å². The number of likely N-dealkylation sites (tertiary alicyclic amines) is 1. The lowest BCUT2D eigenvalue weighted by molar-refractivity contribution is -0.138. The highest BCUT2D eigenvalue weighted by Crippen LogP contribution is 2.18. The third-order valence-corrected chi connectivity index (χ3v) is 3.98. The van der Waals surface area contributed by atoms with Crippen LogP contribution in [0.4, 0.5) is 0 Å². The number of nitrogens with one attached hydrogen (secondary N) is 1. The molecule has 3 N–H and O–H groups in total. The molecule has 1 aromatic rings. The lowest BCUT2D eigenvalue weighted by atomic mass is 10.1. The summed E-state index contributed by atoms with van der Waals surface area (Å²) in [5.41, 5.74) is 1.23. The minimum Gasteiger partial charge on any atom is -0.480 e. The van der Waals surface area contributed by atoms with Gasteiger partial charge in [-0.3, -0.25) is 19.6 Å². The van der Waals surface area contributed by atoms with E-state index < -0.39 is 12.1 Å². The van der Waals surface area contributed by atoms with Crippen LogP contribution in [0.15, 0.2) is 6.07 Å². The van der Waals surface area contributed by atoms with E-state index in [4.69, 9.17) is 5.11 Å². The molecule has 0 saturated carbocycles. The third-order valence-electron chi connectivity index (χ3n) is 3.98. The van der Waals surface area contributed by atoms with Gasteiger partial charge in [0, 0.05) is 18.8 Å². The smallest absolute Gasteiger partial charge is 0.317 e. The first kappa shape index (κ1) is 17.4. The fourth-order valence-electron chi connectivity index (χ4n) is 2.88. The van der Waals surface area contributed by atoms with Crippen molar-refractivity contribution in [3.63, 3.8) is 0 Å². The highest BCUT2D eigenvalue weighted by atomic mass is 16.4. The van der Waals surface area contributed by atoms with Crippen molar-refractivity contribution in [1.29, 1.82) is 0 Å². The zero-order chi connectivity index (χ0) is 17.1. The highest BCUT2D eigenvalue weighted by molar-refractivity contribution is 5.92. The number of hydrogen-bond acceptors (Lipinski definition) is 5. The summed E-state index contributed by atoms with van der Waals surface area (Å²) in [5, 5.41) is 25.9. The molecule has 2 atom stereocenters. The topological polar surface area (TPSA) is 110 Å². The molecule has 0 radical (unpaired) electrons. The predicted octanol–water partition coefficient (Wildman–Crippen LogP) is -0.190. The largest absolute Gasteiger partial charge is 0.480 e. The number of aromatic nitrogens is 2. The number of amides is 1. The number of carboxylic acid groups (broad SMARTS) is 1. The maximum atomic E-state index is 12.5. The summed E-state index contributed by atoms with van der Waals surface area (Å²) >= 11 is 0. The number of aromatic amines is 1. The first-order valence-electron chi connectivity index (χ1n) is 7.71. The lowest BCUT2D eigenvalue weighted by Gasteiger charge is -2.24. The van der Waals surface area contributed by atoms with Crippen LogP contribution in [0.2, 0.25) is 0 Å². The van der Waals surface area contributed by atoms with Gasteiger partial charge in [0.25, 0.3) is 5.91 Å². The summed E-state index contributed by atoms with van der Waals surface area (Å²) in [6.45, 7) is 4.46. The molecule has 23 heavy (non-hydrogen) atoms. The molecule has 1 saturated heterocycles. The number of aliphatic hydroxyl groups excluding tert-OH is 1. The molecule has 0 aromatic carbocycles. The fraction of sp³-hybridized carbons (Fsp3) is 0.667. The van der Waals surface area contributed by atoms with E-state index in [1.54, 1.807) is 18.0 Å². The number of carboxylic acids is 1. The Kier molecular flexibility index (Phi) is 5.38. The maximum absolute atomic E-state index is 12.5. The van der Waals surface area contributed by atoms with E-state index in [2.05, 4.69) is 24.0 Å². The summed E-state index contributed by atoms with van der Waals surface area (Å²) in [4.78, 5) is 26.3. The van der Waals surface area contributed by atoms with E-state index in [0.29, 0.717) is 11.6 Å². The minimum absolute atomic E-state index is 0.176. The molecule has 0 spiro atoms. The minimum atomic E-state index is -0.963. The fourth-order valence-corrected chi connectivity index (χ4v) is 2.88. The molecule has 1 unspecified atom stereocenters. The molecule has 1 aliphatic heterocycles. The molecule has 1 aromatic heterocycles. The van der Waals surface area contributed by atoms with Crippen molar-refractivity contribution in [2.24, 2.45) is 5.92 Å². The molecule has 0 bridgehead atoms. The number of rotatable bonds is 6. The summed E-state index contributed by atoms with van der Waals surface area (Å²) < 4.78 is 0. The van der Waals surface area contributed by atoms with Gasteiger partial charge in [-0.15, -0.1) is 0 Å². The number of likely N-dealkylation sites (N-methyl/N-ethyl adjacent to an activating group) is 1. The average molecular weight is 324 g/mol. The molecular formula is C15H24N4O4. The van der Waals surface area contributed by atoms with Gasteiger partial charge in [-0.1, -0.05) is 13.8 Å². The van der Waals surface area contributed by atoms with Crippen LogP contribution in [0, 0.1) is 5.92 Å². The summed E-state index contributed by atoms with van der Waals surface area (Å²) in [5.74, 6) is -0.752. The van der Waals surface area contributed by atoms with Crippen LogP contribution in [-0.4, -0.2) is 80.9 Å². The second-order valence-corrected chi connectivity index (χ2v) is 6.53. The van der Waals surface area contributed by atoms with E-state index in [1.807, 2.05) is 0 Å². The van der Waals surface area contributed by atoms with Gasteiger partial charge in [0.15, 0.2) is 0 Å². The first-order chi connectivity index (χ1) is 10.8. The van der Waals surface area contributed by atoms with Gasteiger partial charge < -0.3 is 15.1 Å². The van der Waals surface area contributed by atoms with Crippen molar-refractivity contribution in [2.45, 2.75) is 32.4 Å². The van der Waals surface area contributed by atoms with Crippen molar-refractivity contribution in [3.05, 3.63) is 17.5 Å². The van der Waals surface area contributed by atoms with Crippen molar-refractivity contribution in [2.75, 3.05) is 26.7 Å².